The van der Waals surface area contributed by atoms with Crippen molar-refractivity contribution in [1.82, 2.24) is 24.1 Å². The molecule has 0 amide bonds. The number of hydrogen-bond acceptors (Lipinski definition) is 6. The van der Waals surface area contributed by atoms with Crippen LogP contribution in [0.3, 0.4) is 0 Å². The van der Waals surface area contributed by atoms with E-state index in [0.29, 0.717) is 42.7 Å². The summed E-state index contributed by atoms with van der Waals surface area (Å²) in [6, 6.07) is 10.9. The van der Waals surface area contributed by atoms with E-state index in [2.05, 4.69) is 26.9 Å². The van der Waals surface area contributed by atoms with Crippen molar-refractivity contribution in [2.24, 2.45) is 0 Å². The van der Waals surface area contributed by atoms with Crippen LogP contribution >= 0.6 is 0 Å². The maximum atomic E-state index is 13.0. The Morgan fingerprint density at radius 1 is 1.00 bits per heavy atom. The minimum atomic E-state index is -3.48. The molecular weight excluding hydrogens is 388 g/mol. The van der Waals surface area contributed by atoms with Gasteiger partial charge in [-0.15, -0.1) is 0 Å². The molecule has 1 fully saturated rings. The van der Waals surface area contributed by atoms with Gasteiger partial charge >= 0.3 is 0 Å². The van der Waals surface area contributed by atoms with Gasteiger partial charge in [0, 0.05) is 44.6 Å². The van der Waals surface area contributed by atoms with Crippen LogP contribution in [0.4, 0.5) is 5.82 Å². The summed E-state index contributed by atoms with van der Waals surface area (Å²) in [4.78, 5) is 11.4. The minimum absolute atomic E-state index is 0.349. The van der Waals surface area contributed by atoms with E-state index in [9.17, 15) is 8.42 Å². The molecular formula is C20H24N6O2S. The van der Waals surface area contributed by atoms with Gasteiger partial charge in [-0.1, -0.05) is 19.1 Å². The lowest BCUT2D eigenvalue weighted by atomic mass is 10.2. The highest BCUT2D eigenvalue weighted by Crippen LogP contribution is 2.22. The number of hydrogen-bond donors (Lipinski definition) is 0. The Morgan fingerprint density at radius 2 is 1.69 bits per heavy atom. The second kappa shape index (κ2) is 7.92. The molecule has 0 spiro atoms. The smallest absolute Gasteiger partial charge is 0.243 e. The molecule has 29 heavy (non-hydrogen) atoms. The first kappa shape index (κ1) is 19.5. The highest BCUT2D eigenvalue weighted by Gasteiger charge is 2.29. The van der Waals surface area contributed by atoms with Crippen LogP contribution in [0.5, 0.6) is 0 Å². The average molecular weight is 413 g/mol. The Hall–Kier alpha value is -2.78. The van der Waals surface area contributed by atoms with Crippen LogP contribution in [0.2, 0.25) is 0 Å². The van der Waals surface area contributed by atoms with Crippen molar-refractivity contribution in [1.29, 1.82) is 0 Å². The van der Waals surface area contributed by atoms with E-state index in [-0.39, 0.29) is 0 Å². The summed E-state index contributed by atoms with van der Waals surface area (Å²) in [7, 11) is -3.48. The van der Waals surface area contributed by atoms with Gasteiger partial charge < -0.3 is 4.90 Å². The summed E-state index contributed by atoms with van der Waals surface area (Å²) < 4.78 is 29.2. The van der Waals surface area contributed by atoms with Gasteiger partial charge in [0.2, 0.25) is 10.0 Å². The molecule has 0 radical (unpaired) electrons. The summed E-state index contributed by atoms with van der Waals surface area (Å²) in [5.74, 6) is 2.13. The predicted octanol–water partition coefficient (Wildman–Crippen LogP) is 2.04. The fraction of sp³-hybridized carbons (Fsp3) is 0.350. The molecule has 0 aliphatic carbocycles. The Kier molecular flexibility index (Phi) is 5.33. The van der Waals surface area contributed by atoms with E-state index >= 15 is 0 Å². The van der Waals surface area contributed by atoms with Crippen LogP contribution in [0, 0.1) is 6.92 Å². The van der Waals surface area contributed by atoms with E-state index in [4.69, 9.17) is 0 Å². The van der Waals surface area contributed by atoms with Crippen molar-refractivity contribution in [3.8, 4) is 5.82 Å². The number of benzene rings is 1. The van der Waals surface area contributed by atoms with Gasteiger partial charge in [0.05, 0.1) is 4.90 Å². The summed E-state index contributed by atoms with van der Waals surface area (Å²) in [5.41, 5.74) is 1.13. The number of aromatic nitrogens is 4. The molecule has 3 heterocycles. The average Bonchev–Trinajstić information content (AvgIpc) is 3.28. The van der Waals surface area contributed by atoms with Crippen LogP contribution in [-0.4, -0.2) is 58.7 Å². The zero-order chi connectivity index (χ0) is 20.4. The van der Waals surface area contributed by atoms with Crippen molar-refractivity contribution in [2.75, 3.05) is 31.1 Å². The lowest BCUT2D eigenvalue weighted by molar-refractivity contribution is 0.383. The molecule has 152 valence electrons. The quantitative estimate of drug-likeness (QED) is 0.638. The first-order valence-corrected chi connectivity index (χ1v) is 11.1. The first-order chi connectivity index (χ1) is 14.0. The van der Waals surface area contributed by atoms with Crippen LogP contribution in [-0.2, 0) is 16.4 Å². The number of anilines is 1. The topological polar surface area (TPSA) is 84.2 Å². The molecule has 0 N–H and O–H groups in total. The predicted molar refractivity (Wildman–Crippen MR) is 111 cm³/mol. The van der Waals surface area contributed by atoms with Crippen molar-refractivity contribution >= 4 is 15.8 Å². The number of piperazine rings is 1. The summed E-state index contributed by atoms with van der Waals surface area (Å²) in [6.45, 7) is 5.87. The normalized spacial score (nSPS) is 15.6. The highest BCUT2D eigenvalue weighted by molar-refractivity contribution is 7.89. The standard InChI is InChI=1S/C20H24N6O2S/c1-3-17-5-7-18(8-6-17)29(27,28)25-13-11-24(12-14-25)19-15-20(23-16(2)22-19)26-10-4-9-21-26/h4-10,15H,3,11-14H2,1-2H3. The zero-order valence-electron chi connectivity index (χ0n) is 16.6. The Bertz CT molecular complexity index is 1070. The van der Waals surface area contributed by atoms with Crippen molar-refractivity contribution in [3.63, 3.8) is 0 Å². The van der Waals surface area contributed by atoms with Crippen molar-refractivity contribution < 1.29 is 8.42 Å². The van der Waals surface area contributed by atoms with Crippen molar-refractivity contribution in [3.05, 3.63) is 60.2 Å². The molecule has 3 aromatic rings. The highest BCUT2D eigenvalue weighted by atomic mass is 32.2. The van der Waals surface area contributed by atoms with Crippen LogP contribution < -0.4 is 4.90 Å². The molecule has 1 aliphatic rings. The third-order valence-electron chi connectivity index (χ3n) is 5.08. The third-order valence-corrected chi connectivity index (χ3v) is 6.99. The van der Waals surface area contributed by atoms with Gasteiger partial charge in [-0.05, 0) is 37.1 Å². The lowest BCUT2D eigenvalue weighted by Gasteiger charge is -2.34. The second-order valence-corrected chi connectivity index (χ2v) is 8.91. The molecule has 0 bridgehead atoms. The molecule has 1 saturated heterocycles. The van der Waals surface area contributed by atoms with E-state index in [0.717, 1.165) is 17.8 Å². The number of sulfonamides is 1. The molecule has 0 unspecified atom stereocenters. The molecule has 8 nitrogen and oxygen atoms in total. The minimum Gasteiger partial charge on any atom is -0.354 e. The Labute approximate surface area is 170 Å². The fourth-order valence-electron chi connectivity index (χ4n) is 3.42. The SMILES string of the molecule is CCc1ccc(S(=O)(=O)N2CCN(c3cc(-n4cccn4)nc(C)n3)CC2)cc1. The van der Waals surface area contributed by atoms with Gasteiger partial charge in [-0.25, -0.2) is 23.1 Å². The number of aryl methyl sites for hydroxylation is 2. The van der Waals surface area contributed by atoms with Crippen molar-refractivity contribution in [2.45, 2.75) is 25.2 Å². The van der Waals surface area contributed by atoms with E-state index < -0.39 is 10.0 Å². The summed E-state index contributed by atoms with van der Waals surface area (Å²) in [6.07, 6.45) is 4.42. The largest absolute Gasteiger partial charge is 0.354 e. The van der Waals surface area contributed by atoms with Crippen LogP contribution in [0.1, 0.15) is 18.3 Å². The molecule has 9 heteroatoms. The van der Waals surface area contributed by atoms with E-state index in [1.165, 1.54) is 0 Å². The summed E-state index contributed by atoms with van der Waals surface area (Å²) >= 11 is 0. The van der Waals surface area contributed by atoms with Gasteiger partial charge in [-0.2, -0.15) is 9.40 Å². The van der Waals surface area contributed by atoms with Gasteiger partial charge in [0.1, 0.15) is 11.6 Å². The first-order valence-electron chi connectivity index (χ1n) is 9.67. The molecule has 2 aromatic heterocycles. The van der Waals surface area contributed by atoms with E-state index in [1.807, 2.05) is 37.4 Å². The molecule has 1 aliphatic heterocycles. The molecule has 0 atom stereocenters. The number of rotatable bonds is 5. The zero-order valence-corrected chi connectivity index (χ0v) is 17.4. The van der Waals surface area contributed by atoms with E-state index in [1.54, 1.807) is 27.3 Å². The molecule has 0 saturated carbocycles. The van der Waals surface area contributed by atoms with Crippen LogP contribution in [0.15, 0.2) is 53.7 Å². The molecule has 4 rings (SSSR count). The maximum Gasteiger partial charge on any atom is 0.243 e. The van der Waals surface area contributed by atoms with Gasteiger partial charge in [0.25, 0.3) is 0 Å². The van der Waals surface area contributed by atoms with Gasteiger partial charge in [-0.3, -0.25) is 0 Å². The number of nitrogens with zero attached hydrogens (tertiary/aromatic N) is 6. The Morgan fingerprint density at radius 3 is 2.31 bits per heavy atom. The Balaban J connectivity index is 1.49. The monoisotopic (exact) mass is 412 g/mol. The van der Waals surface area contributed by atoms with Gasteiger partial charge in [0.15, 0.2) is 5.82 Å². The molecule has 1 aromatic carbocycles. The third kappa shape index (κ3) is 4.01. The maximum absolute atomic E-state index is 13.0. The fourth-order valence-corrected chi connectivity index (χ4v) is 4.85. The summed E-state index contributed by atoms with van der Waals surface area (Å²) in [5, 5.41) is 4.22. The van der Waals surface area contributed by atoms with Crippen LogP contribution in [0.25, 0.3) is 5.82 Å². The lowest BCUT2D eigenvalue weighted by Crippen LogP contribution is -2.49. The second-order valence-electron chi connectivity index (χ2n) is 6.97.